The van der Waals surface area contributed by atoms with Gasteiger partial charge in [-0.05, 0) is 37.3 Å². The van der Waals surface area contributed by atoms with Crippen molar-refractivity contribution in [1.82, 2.24) is 4.72 Å². The maximum absolute atomic E-state index is 13.5. The van der Waals surface area contributed by atoms with Gasteiger partial charge < -0.3 is 5.73 Å². The molecule has 2 rings (SSSR count). The Hall–Kier alpha value is -1.05. The molecule has 4 nitrogen and oxygen atoms in total. The van der Waals surface area contributed by atoms with Gasteiger partial charge in [0.1, 0.15) is 16.5 Å². The largest absolute Gasteiger partial charge is 0.326 e. The smallest absolute Gasteiger partial charge is 0.243 e. The minimum atomic E-state index is -4.00. The van der Waals surface area contributed by atoms with Crippen molar-refractivity contribution in [2.75, 3.05) is 6.54 Å². The molecule has 0 saturated heterocycles. The van der Waals surface area contributed by atoms with Crippen LogP contribution >= 0.6 is 0 Å². The summed E-state index contributed by atoms with van der Waals surface area (Å²) >= 11 is 0. The van der Waals surface area contributed by atoms with E-state index in [1.165, 1.54) is 6.92 Å². The van der Waals surface area contributed by atoms with E-state index in [1.807, 2.05) is 0 Å². The molecule has 1 aliphatic carbocycles. The van der Waals surface area contributed by atoms with E-state index in [4.69, 9.17) is 5.73 Å². The highest BCUT2D eigenvalue weighted by Crippen LogP contribution is 2.31. The molecule has 1 aromatic rings. The number of hydrogen-bond acceptors (Lipinski definition) is 3. The first-order chi connectivity index (χ1) is 8.81. The van der Waals surface area contributed by atoms with Crippen LogP contribution < -0.4 is 10.5 Å². The van der Waals surface area contributed by atoms with Crippen molar-refractivity contribution in [3.05, 3.63) is 29.3 Å². The summed E-state index contributed by atoms with van der Waals surface area (Å²) in [5, 5.41) is 0. The molecule has 7 heteroatoms. The van der Waals surface area contributed by atoms with Crippen LogP contribution in [0, 0.1) is 24.5 Å². The molecule has 1 fully saturated rings. The van der Waals surface area contributed by atoms with E-state index in [-0.39, 0.29) is 18.2 Å². The van der Waals surface area contributed by atoms with Crippen molar-refractivity contribution in [3.8, 4) is 0 Å². The fourth-order valence-electron chi connectivity index (χ4n) is 1.81. The summed E-state index contributed by atoms with van der Waals surface area (Å²) in [6, 6.07) is 1.29. The van der Waals surface area contributed by atoms with Gasteiger partial charge in [-0.3, -0.25) is 0 Å². The highest BCUT2D eigenvalue weighted by molar-refractivity contribution is 7.89. The van der Waals surface area contributed by atoms with Crippen LogP contribution in [-0.2, 0) is 10.0 Å². The number of nitrogens with two attached hydrogens (primary N) is 1. The minimum absolute atomic E-state index is 0.0584. The summed E-state index contributed by atoms with van der Waals surface area (Å²) in [4.78, 5) is -0.547. The molecule has 1 unspecified atom stereocenters. The van der Waals surface area contributed by atoms with Crippen LogP contribution in [0.2, 0.25) is 0 Å². The van der Waals surface area contributed by atoms with E-state index in [1.54, 1.807) is 0 Å². The minimum Gasteiger partial charge on any atom is -0.326 e. The summed E-state index contributed by atoms with van der Waals surface area (Å²) in [7, 11) is -4.00. The van der Waals surface area contributed by atoms with Gasteiger partial charge in [0.15, 0.2) is 0 Å². The number of hydrogen-bond donors (Lipinski definition) is 2. The summed E-state index contributed by atoms with van der Waals surface area (Å²) in [5.74, 6) is -1.54. The average molecular weight is 290 g/mol. The zero-order valence-corrected chi connectivity index (χ0v) is 11.3. The summed E-state index contributed by atoms with van der Waals surface area (Å²) in [6.07, 6.45) is 1.99. The Morgan fingerprint density at radius 2 is 2.00 bits per heavy atom. The Morgan fingerprint density at radius 1 is 1.37 bits per heavy atom. The Morgan fingerprint density at radius 3 is 2.58 bits per heavy atom. The van der Waals surface area contributed by atoms with Crippen LogP contribution in [0.1, 0.15) is 18.4 Å². The maximum Gasteiger partial charge on any atom is 0.243 e. The average Bonchev–Trinajstić information content (AvgIpc) is 3.14. The van der Waals surface area contributed by atoms with Crippen LogP contribution in [-0.4, -0.2) is 21.0 Å². The van der Waals surface area contributed by atoms with Gasteiger partial charge in [-0.15, -0.1) is 0 Å². The Kier molecular flexibility index (Phi) is 3.89. The highest BCUT2D eigenvalue weighted by Gasteiger charge is 2.30. The molecule has 106 valence electrons. The lowest BCUT2D eigenvalue weighted by Gasteiger charge is -2.13. The summed E-state index contributed by atoms with van der Waals surface area (Å²) in [6.45, 7) is 1.44. The van der Waals surface area contributed by atoms with Gasteiger partial charge in [-0.1, -0.05) is 0 Å². The molecule has 0 amide bonds. The van der Waals surface area contributed by atoms with Gasteiger partial charge in [0.25, 0.3) is 0 Å². The lowest BCUT2D eigenvalue weighted by molar-refractivity contribution is 0.528. The molecule has 0 spiro atoms. The third kappa shape index (κ3) is 3.29. The predicted octanol–water partition coefficient (Wildman–Crippen LogP) is 1.29. The number of sulfonamides is 1. The molecule has 0 bridgehead atoms. The van der Waals surface area contributed by atoms with Crippen LogP contribution in [0.4, 0.5) is 8.78 Å². The monoisotopic (exact) mass is 290 g/mol. The summed E-state index contributed by atoms with van der Waals surface area (Å²) in [5.41, 5.74) is 5.85. The van der Waals surface area contributed by atoms with Crippen LogP contribution in [0.25, 0.3) is 0 Å². The maximum atomic E-state index is 13.5. The molecule has 0 aliphatic heterocycles. The highest BCUT2D eigenvalue weighted by atomic mass is 32.2. The van der Waals surface area contributed by atoms with Gasteiger partial charge in [-0.2, -0.15) is 0 Å². The molecule has 1 aromatic carbocycles. The second kappa shape index (κ2) is 5.15. The van der Waals surface area contributed by atoms with Crippen molar-refractivity contribution in [1.29, 1.82) is 0 Å². The molecule has 0 aromatic heterocycles. The van der Waals surface area contributed by atoms with Gasteiger partial charge in [0.2, 0.25) is 10.0 Å². The van der Waals surface area contributed by atoms with E-state index in [2.05, 4.69) is 4.72 Å². The Balaban J connectivity index is 2.16. The molecular formula is C12H16F2N2O2S. The topological polar surface area (TPSA) is 72.2 Å². The fourth-order valence-corrected chi connectivity index (χ4v) is 3.03. The van der Waals surface area contributed by atoms with Crippen molar-refractivity contribution in [2.45, 2.75) is 30.7 Å². The SMILES string of the molecule is Cc1cc(S(=O)(=O)NCC(N)C2CC2)c(F)cc1F. The normalized spacial score (nSPS) is 17.5. The van der Waals surface area contributed by atoms with Gasteiger partial charge >= 0.3 is 0 Å². The van der Waals surface area contributed by atoms with Crippen LogP contribution in [0.3, 0.4) is 0 Å². The number of halogens is 2. The third-order valence-electron chi connectivity index (χ3n) is 3.24. The molecule has 0 heterocycles. The second-order valence-corrected chi connectivity index (χ2v) is 6.62. The number of nitrogens with one attached hydrogen (secondary N) is 1. The zero-order valence-electron chi connectivity index (χ0n) is 10.5. The molecule has 1 atom stereocenters. The lowest BCUT2D eigenvalue weighted by Crippen LogP contribution is -2.38. The van der Waals surface area contributed by atoms with E-state index < -0.39 is 26.6 Å². The summed E-state index contributed by atoms with van der Waals surface area (Å²) < 4.78 is 52.8. The molecule has 3 N–H and O–H groups in total. The fraction of sp³-hybridized carbons (Fsp3) is 0.500. The quantitative estimate of drug-likeness (QED) is 0.858. The number of rotatable bonds is 5. The molecular weight excluding hydrogens is 274 g/mol. The first-order valence-electron chi connectivity index (χ1n) is 6.02. The van der Waals surface area contributed by atoms with E-state index in [0.717, 1.165) is 18.9 Å². The molecule has 1 saturated carbocycles. The lowest BCUT2D eigenvalue weighted by atomic mass is 10.2. The Bertz CT molecular complexity index is 586. The van der Waals surface area contributed by atoms with Crippen molar-refractivity contribution in [3.63, 3.8) is 0 Å². The number of benzene rings is 1. The Labute approximate surface area is 111 Å². The molecule has 1 aliphatic rings. The van der Waals surface area contributed by atoms with Crippen molar-refractivity contribution < 1.29 is 17.2 Å². The predicted molar refractivity (Wildman–Crippen MR) is 67.0 cm³/mol. The zero-order chi connectivity index (χ0) is 14.2. The van der Waals surface area contributed by atoms with Gasteiger partial charge in [0.05, 0.1) is 0 Å². The second-order valence-electron chi connectivity index (χ2n) is 4.88. The molecule has 19 heavy (non-hydrogen) atoms. The van der Waals surface area contributed by atoms with Crippen molar-refractivity contribution in [2.24, 2.45) is 11.7 Å². The standard InChI is InChI=1S/C12H16F2N2O2S/c1-7-4-12(10(14)5-9(7)13)19(17,18)16-6-11(15)8-2-3-8/h4-5,8,11,16H,2-3,6,15H2,1H3. The van der Waals surface area contributed by atoms with E-state index in [0.29, 0.717) is 12.0 Å². The van der Waals surface area contributed by atoms with Crippen LogP contribution in [0.5, 0.6) is 0 Å². The van der Waals surface area contributed by atoms with Gasteiger partial charge in [0, 0.05) is 18.7 Å². The third-order valence-corrected chi connectivity index (χ3v) is 4.68. The molecule has 0 radical (unpaired) electrons. The van der Waals surface area contributed by atoms with Crippen molar-refractivity contribution >= 4 is 10.0 Å². The van der Waals surface area contributed by atoms with E-state index >= 15 is 0 Å². The number of aryl methyl sites for hydroxylation is 1. The van der Waals surface area contributed by atoms with Gasteiger partial charge in [-0.25, -0.2) is 21.9 Å². The first-order valence-corrected chi connectivity index (χ1v) is 7.50. The van der Waals surface area contributed by atoms with Crippen LogP contribution in [0.15, 0.2) is 17.0 Å². The first kappa shape index (κ1) is 14.4. The van der Waals surface area contributed by atoms with E-state index in [9.17, 15) is 17.2 Å².